The summed E-state index contributed by atoms with van der Waals surface area (Å²) in [5.41, 5.74) is 4.67. The first-order chi connectivity index (χ1) is 22.7. The van der Waals surface area contributed by atoms with Crippen molar-refractivity contribution in [3.63, 3.8) is 0 Å². The normalized spacial score (nSPS) is 11.5. The minimum atomic E-state index is 0.445. The molecule has 0 spiro atoms. The molecule has 0 saturated carbocycles. The topological polar surface area (TPSA) is 88.0 Å². The van der Waals surface area contributed by atoms with Gasteiger partial charge in [0.25, 0.3) is 0 Å². The molecule has 2 heterocycles. The molecule has 0 bridgehead atoms. The van der Waals surface area contributed by atoms with Crippen LogP contribution in [-0.2, 0) is 0 Å². The van der Waals surface area contributed by atoms with Gasteiger partial charge >= 0.3 is 0 Å². The first-order valence-corrected chi connectivity index (χ1v) is 16.3. The van der Waals surface area contributed by atoms with E-state index in [0.717, 1.165) is 37.2 Å². The fraction of sp³-hybridized carbons (Fsp3) is 0. The number of fused-ring (bicyclic) bond motifs is 3. The highest BCUT2D eigenvalue weighted by Crippen LogP contribution is 2.36. The molecule has 0 unspecified atom stereocenters. The number of benzene rings is 6. The highest BCUT2D eigenvalue weighted by atomic mass is 32.2. The van der Waals surface area contributed by atoms with E-state index in [4.69, 9.17) is 19.9 Å². The average Bonchev–Trinajstić information content (AvgIpc) is 3.49. The van der Waals surface area contributed by atoms with Crippen molar-refractivity contribution in [2.75, 3.05) is 10.6 Å². The molecule has 6 aromatic carbocycles. The van der Waals surface area contributed by atoms with E-state index in [0.29, 0.717) is 17.1 Å². The van der Waals surface area contributed by atoms with Gasteiger partial charge in [-0.25, -0.2) is 4.98 Å². The van der Waals surface area contributed by atoms with Gasteiger partial charge in [0.1, 0.15) is 0 Å². The molecule has 0 atom stereocenters. The lowest BCUT2D eigenvalue weighted by Gasteiger charge is -2.09. The lowest BCUT2D eigenvalue weighted by atomic mass is 9.97. The highest BCUT2D eigenvalue weighted by molar-refractivity contribution is 8.01. The van der Waals surface area contributed by atoms with Gasteiger partial charge < -0.3 is 10.6 Å². The molecule has 9 heteroatoms. The maximum Gasteiger partial charge on any atom is 0.233 e. The lowest BCUT2D eigenvalue weighted by Crippen LogP contribution is -2.05. The summed E-state index contributed by atoms with van der Waals surface area (Å²) in [7, 11) is 0. The number of hydrogen-bond acceptors (Lipinski definition) is 9. The number of hydrogen-bond donors (Lipinski definition) is 2. The number of thiazole rings is 1. The summed E-state index contributed by atoms with van der Waals surface area (Å²) in [6, 6.07) is 44.9. The SMILES string of the molecule is C(=Nc1ccc2nc(Sc3nc(Nc4ccccc4)nc(Nc4ccccc4)n3)sc2c1)c1c2ccccc2cc2ccccc12. The zero-order valence-electron chi connectivity index (χ0n) is 24.3. The molecule has 0 amide bonds. The standard InChI is InChI=1S/C37H25N7S2/c1-3-13-26(14-4-1)39-34-42-35(40-27-15-5-2-6-16-27)44-36(43-34)46-37-41-32-20-19-28(22-33(32)45-37)38-23-31-29-17-9-7-11-24(29)21-25-12-8-10-18-30(25)31/h1-23H,(H2,39,40,42,43,44). The summed E-state index contributed by atoms with van der Waals surface area (Å²) in [4.78, 5) is 23.8. The van der Waals surface area contributed by atoms with E-state index >= 15 is 0 Å². The molecular weight excluding hydrogens is 607 g/mol. The van der Waals surface area contributed by atoms with Crippen molar-refractivity contribution >= 4 is 90.0 Å². The summed E-state index contributed by atoms with van der Waals surface area (Å²) < 4.78 is 1.87. The molecule has 0 fully saturated rings. The molecule has 220 valence electrons. The Bertz CT molecular complexity index is 2240. The number of rotatable bonds is 8. The van der Waals surface area contributed by atoms with Crippen LogP contribution in [0.1, 0.15) is 5.56 Å². The molecule has 0 aliphatic heterocycles. The maximum absolute atomic E-state index is 4.92. The van der Waals surface area contributed by atoms with Crippen LogP contribution in [-0.4, -0.2) is 26.2 Å². The zero-order chi connectivity index (χ0) is 30.7. The van der Waals surface area contributed by atoms with Crippen LogP contribution in [0.25, 0.3) is 31.8 Å². The Morgan fingerprint density at radius 3 is 1.80 bits per heavy atom. The molecule has 8 aromatic rings. The van der Waals surface area contributed by atoms with E-state index in [2.05, 4.69) is 76.3 Å². The van der Waals surface area contributed by atoms with E-state index in [9.17, 15) is 0 Å². The van der Waals surface area contributed by atoms with Crippen LogP contribution in [0.3, 0.4) is 0 Å². The van der Waals surface area contributed by atoms with Crippen LogP contribution in [0.15, 0.2) is 148 Å². The van der Waals surface area contributed by atoms with Crippen molar-refractivity contribution in [2.24, 2.45) is 4.99 Å². The predicted octanol–water partition coefficient (Wildman–Crippen LogP) is 10.2. The number of anilines is 4. The van der Waals surface area contributed by atoms with Gasteiger partial charge in [-0.2, -0.15) is 15.0 Å². The Morgan fingerprint density at radius 1 is 0.587 bits per heavy atom. The quantitative estimate of drug-likeness (QED) is 0.127. The van der Waals surface area contributed by atoms with E-state index < -0.39 is 0 Å². The fourth-order valence-electron chi connectivity index (χ4n) is 5.24. The lowest BCUT2D eigenvalue weighted by molar-refractivity contribution is 0.919. The second-order valence-electron chi connectivity index (χ2n) is 10.5. The van der Waals surface area contributed by atoms with Gasteiger partial charge in [-0.1, -0.05) is 84.9 Å². The Morgan fingerprint density at radius 2 is 1.17 bits per heavy atom. The highest BCUT2D eigenvalue weighted by Gasteiger charge is 2.13. The van der Waals surface area contributed by atoms with Crippen LogP contribution in [0.4, 0.5) is 29.0 Å². The Labute approximate surface area is 273 Å². The van der Waals surface area contributed by atoms with Gasteiger partial charge in [0.2, 0.25) is 17.1 Å². The van der Waals surface area contributed by atoms with Crippen molar-refractivity contribution in [2.45, 2.75) is 9.50 Å². The van der Waals surface area contributed by atoms with Crippen molar-refractivity contribution in [1.29, 1.82) is 0 Å². The largest absolute Gasteiger partial charge is 0.324 e. The van der Waals surface area contributed by atoms with Gasteiger partial charge in [0, 0.05) is 23.2 Å². The summed E-state index contributed by atoms with van der Waals surface area (Å²) in [5.74, 6) is 0.890. The Hall–Kier alpha value is -5.64. The molecule has 46 heavy (non-hydrogen) atoms. The summed E-state index contributed by atoms with van der Waals surface area (Å²) >= 11 is 3.00. The molecule has 2 N–H and O–H groups in total. The molecule has 0 aliphatic carbocycles. The van der Waals surface area contributed by atoms with E-state index in [1.807, 2.05) is 79.0 Å². The maximum atomic E-state index is 4.92. The number of para-hydroxylation sites is 2. The summed E-state index contributed by atoms with van der Waals surface area (Å²) in [5, 5.41) is 11.9. The molecule has 7 nitrogen and oxygen atoms in total. The van der Waals surface area contributed by atoms with Gasteiger partial charge in [-0.05, 0) is 81.8 Å². The molecule has 0 aliphatic rings. The third-order valence-corrected chi connectivity index (χ3v) is 9.31. The number of nitrogens with one attached hydrogen (secondary N) is 2. The number of aromatic nitrogens is 4. The monoisotopic (exact) mass is 631 g/mol. The van der Waals surface area contributed by atoms with Crippen molar-refractivity contribution in [1.82, 2.24) is 19.9 Å². The van der Waals surface area contributed by atoms with Crippen LogP contribution in [0, 0.1) is 0 Å². The smallest absolute Gasteiger partial charge is 0.233 e. The summed E-state index contributed by atoms with van der Waals surface area (Å²) in [6.45, 7) is 0. The Balaban J connectivity index is 1.09. The molecule has 0 radical (unpaired) electrons. The average molecular weight is 632 g/mol. The van der Waals surface area contributed by atoms with Crippen LogP contribution >= 0.6 is 23.1 Å². The minimum absolute atomic E-state index is 0.445. The van der Waals surface area contributed by atoms with E-state index in [-0.39, 0.29) is 0 Å². The van der Waals surface area contributed by atoms with Crippen molar-refractivity contribution in [3.05, 3.63) is 139 Å². The van der Waals surface area contributed by atoms with Gasteiger partial charge in [-0.15, -0.1) is 11.3 Å². The third kappa shape index (κ3) is 6.01. The summed E-state index contributed by atoms with van der Waals surface area (Å²) in [6.07, 6.45) is 1.98. The van der Waals surface area contributed by atoms with Crippen LogP contribution in [0.2, 0.25) is 0 Å². The predicted molar refractivity (Wildman–Crippen MR) is 192 cm³/mol. The molecule has 8 rings (SSSR count). The van der Waals surface area contributed by atoms with Crippen LogP contribution in [0.5, 0.6) is 0 Å². The fourth-order valence-corrected chi connectivity index (χ4v) is 7.19. The third-order valence-electron chi connectivity index (χ3n) is 7.36. The zero-order valence-corrected chi connectivity index (χ0v) is 26.0. The van der Waals surface area contributed by atoms with Crippen LogP contribution < -0.4 is 10.6 Å². The second-order valence-corrected chi connectivity index (χ2v) is 12.7. The molecule has 0 saturated heterocycles. The van der Waals surface area contributed by atoms with Gasteiger partial charge in [0.05, 0.1) is 15.9 Å². The number of nitrogens with zero attached hydrogens (tertiary/aromatic N) is 5. The van der Waals surface area contributed by atoms with Gasteiger partial charge in [-0.3, -0.25) is 4.99 Å². The molecular formula is C37H25N7S2. The van der Waals surface area contributed by atoms with Gasteiger partial charge in [0.15, 0.2) is 4.34 Å². The first kappa shape index (κ1) is 27.9. The second kappa shape index (κ2) is 12.4. The van der Waals surface area contributed by atoms with Crippen molar-refractivity contribution < 1.29 is 0 Å². The first-order valence-electron chi connectivity index (χ1n) is 14.7. The minimum Gasteiger partial charge on any atom is -0.324 e. The Kier molecular flexibility index (Phi) is 7.51. The van der Waals surface area contributed by atoms with E-state index in [1.54, 1.807) is 11.3 Å². The molecule has 2 aromatic heterocycles. The van der Waals surface area contributed by atoms with E-state index in [1.165, 1.54) is 33.3 Å². The number of aliphatic imine (C=N–C) groups is 1. The van der Waals surface area contributed by atoms with Crippen molar-refractivity contribution in [3.8, 4) is 0 Å².